The average molecular weight is 202 g/mol. The van der Waals surface area contributed by atoms with Gasteiger partial charge in [0.05, 0.1) is 12.2 Å². The van der Waals surface area contributed by atoms with Crippen LogP contribution in [0.5, 0.6) is 0 Å². The van der Waals surface area contributed by atoms with E-state index in [1.807, 2.05) is 42.3 Å². The number of hydrazine groups is 1. The van der Waals surface area contributed by atoms with Crippen molar-refractivity contribution < 1.29 is 4.79 Å². The molecule has 0 amide bonds. The zero-order chi connectivity index (χ0) is 10.8. The van der Waals surface area contributed by atoms with Crippen molar-refractivity contribution in [3.05, 3.63) is 41.6 Å². The third-order valence-electron chi connectivity index (χ3n) is 2.56. The Morgan fingerprint density at radius 2 is 2.00 bits per heavy atom. The summed E-state index contributed by atoms with van der Waals surface area (Å²) in [6.07, 6.45) is 0. The summed E-state index contributed by atoms with van der Waals surface area (Å²) in [5.41, 5.74) is 6.08. The van der Waals surface area contributed by atoms with Crippen molar-refractivity contribution in [3.8, 4) is 0 Å². The van der Waals surface area contributed by atoms with Crippen molar-refractivity contribution >= 4 is 11.5 Å². The van der Waals surface area contributed by atoms with Crippen LogP contribution in [0, 0.1) is 0 Å². The number of nitrogens with zero attached hydrogens (tertiary/aromatic N) is 1. The van der Waals surface area contributed by atoms with E-state index in [-0.39, 0.29) is 5.78 Å². The molecule has 78 valence electrons. The van der Waals surface area contributed by atoms with Crippen LogP contribution in [0.1, 0.15) is 13.8 Å². The summed E-state index contributed by atoms with van der Waals surface area (Å²) in [6.45, 7) is 4.18. The molecule has 1 aliphatic heterocycles. The van der Waals surface area contributed by atoms with Gasteiger partial charge in [0.1, 0.15) is 0 Å². The molecule has 0 aliphatic carbocycles. The number of carbonyl (C=O) groups is 1. The Balaban J connectivity index is 2.17. The molecule has 1 aromatic carbocycles. The van der Waals surface area contributed by atoms with Crippen LogP contribution in [0.25, 0.3) is 0 Å². The molecule has 0 spiro atoms. The molecule has 0 saturated heterocycles. The van der Waals surface area contributed by atoms with E-state index in [9.17, 15) is 4.79 Å². The van der Waals surface area contributed by atoms with Crippen LogP contribution in [-0.4, -0.2) is 12.3 Å². The van der Waals surface area contributed by atoms with Crippen LogP contribution in [-0.2, 0) is 4.79 Å². The summed E-state index contributed by atoms with van der Waals surface area (Å²) in [6, 6.07) is 9.98. The number of nitrogens with one attached hydrogen (secondary N) is 1. The number of rotatable bonds is 2. The van der Waals surface area contributed by atoms with Crippen molar-refractivity contribution in [2.45, 2.75) is 13.8 Å². The Bertz CT molecular complexity index is 409. The van der Waals surface area contributed by atoms with Gasteiger partial charge >= 0.3 is 0 Å². The maximum Gasteiger partial charge on any atom is 0.159 e. The molecule has 1 aliphatic rings. The zero-order valence-corrected chi connectivity index (χ0v) is 8.95. The number of anilines is 1. The minimum atomic E-state index is 0.137. The van der Waals surface area contributed by atoms with Gasteiger partial charge in [0.2, 0.25) is 0 Å². The minimum absolute atomic E-state index is 0.137. The highest BCUT2D eigenvalue weighted by Gasteiger charge is 2.21. The molecule has 0 fully saturated rings. The second-order valence-electron chi connectivity index (χ2n) is 3.69. The maximum absolute atomic E-state index is 11.3. The molecule has 3 nitrogen and oxygen atoms in total. The molecule has 1 heterocycles. The van der Waals surface area contributed by atoms with E-state index in [1.165, 1.54) is 0 Å². The highest BCUT2D eigenvalue weighted by molar-refractivity contribution is 5.95. The lowest BCUT2D eigenvalue weighted by molar-refractivity contribution is -0.113. The van der Waals surface area contributed by atoms with Crippen molar-refractivity contribution in [1.82, 2.24) is 5.43 Å². The first-order chi connectivity index (χ1) is 7.18. The second-order valence-corrected chi connectivity index (χ2v) is 3.69. The van der Waals surface area contributed by atoms with Gasteiger partial charge in [0, 0.05) is 11.3 Å². The molecule has 3 heteroatoms. The lowest BCUT2D eigenvalue weighted by atomic mass is 10.1. The van der Waals surface area contributed by atoms with Crippen molar-refractivity contribution in [2.75, 3.05) is 11.6 Å². The van der Waals surface area contributed by atoms with Crippen molar-refractivity contribution in [1.29, 1.82) is 0 Å². The van der Waals surface area contributed by atoms with E-state index in [0.717, 1.165) is 17.0 Å². The average Bonchev–Trinajstić information content (AvgIpc) is 2.62. The second kappa shape index (κ2) is 3.77. The fourth-order valence-corrected chi connectivity index (χ4v) is 1.73. The van der Waals surface area contributed by atoms with Gasteiger partial charge in [-0.2, -0.15) is 0 Å². The van der Waals surface area contributed by atoms with Crippen molar-refractivity contribution in [3.63, 3.8) is 0 Å². The van der Waals surface area contributed by atoms with Crippen LogP contribution in [0.4, 0.5) is 5.69 Å². The summed E-state index contributed by atoms with van der Waals surface area (Å²) >= 11 is 0. The van der Waals surface area contributed by atoms with E-state index in [2.05, 4.69) is 5.43 Å². The largest absolute Gasteiger partial charge is 0.302 e. The van der Waals surface area contributed by atoms with E-state index < -0.39 is 0 Å². The van der Waals surface area contributed by atoms with E-state index >= 15 is 0 Å². The van der Waals surface area contributed by atoms with E-state index in [1.54, 1.807) is 6.92 Å². The predicted octanol–water partition coefficient (Wildman–Crippen LogP) is 1.87. The fourth-order valence-electron chi connectivity index (χ4n) is 1.73. The van der Waals surface area contributed by atoms with E-state index in [4.69, 9.17) is 0 Å². The number of hydrogen-bond acceptors (Lipinski definition) is 3. The lowest BCUT2D eigenvalue weighted by Crippen LogP contribution is -2.31. The Kier molecular flexibility index (Phi) is 2.46. The van der Waals surface area contributed by atoms with Gasteiger partial charge in [-0.25, -0.2) is 0 Å². The maximum atomic E-state index is 11.3. The van der Waals surface area contributed by atoms with Gasteiger partial charge in [0.25, 0.3) is 0 Å². The molecule has 1 aromatic rings. The van der Waals surface area contributed by atoms with Gasteiger partial charge in [-0.1, -0.05) is 18.2 Å². The topological polar surface area (TPSA) is 32.3 Å². The number of para-hydroxylation sites is 1. The Hall–Kier alpha value is -1.77. The summed E-state index contributed by atoms with van der Waals surface area (Å²) in [5.74, 6) is 0.137. The third kappa shape index (κ3) is 1.86. The molecule has 0 bridgehead atoms. The minimum Gasteiger partial charge on any atom is -0.302 e. The molecule has 0 atom stereocenters. The number of Topliss-reactive ketones (excluding diaryl/α,β-unsaturated/α-hetero) is 1. The Morgan fingerprint density at radius 3 is 2.53 bits per heavy atom. The summed E-state index contributed by atoms with van der Waals surface area (Å²) in [7, 11) is 0. The van der Waals surface area contributed by atoms with Gasteiger partial charge in [-0.05, 0) is 26.0 Å². The number of allylic oxidation sites excluding steroid dienone is 1. The van der Waals surface area contributed by atoms with Crippen LogP contribution in [0.2, 0.25) is 0 Å². The normalized spacial score (nSPS) is 15.5. The van der Waals surface area contributed by atoms with Gasteiger partial charge in [-0.3, -0.25) is 9.80 Å². The first kappa shape index (κ1) is 9.77. The highest BCUT2D eigenvalue weighted by Crippen LogP contribution is 2.20. The molecular weight excluding hydrogens is 188 g/mol. The van der Waals surface area contributed by atoms with Crippen molar-refractivity contribution in [2.24, 2.45) is 0 Å². The molecule has 0 unspecified atom stereocenters. The predicted molar refractivity (Wildman–Crippen MR) is 60.3 cm³/mol. The zero-order valence-electron chi connectivity index (χ0n) is 8.95. The monoisotopic (exact) mass is 202 g/mol. The summed E-state index contributed by atoms with van der Waals surface area (Å²) in [4.78, 5) is 11.3. The molecule has 0 saturated carbocycles. The molecule has 2 rings (SSSR count). The third-order valence-corrected chi connectivity index (χ3v) is 2.56. The highest BCUT2D eigenvalue weighted by atomic mass is 16.1. The van der Waals surface area contributed by atoms with Crippen LogP contribution in [0.15, 0.2) is 41.6 Å². The number of ketones is 1. The quantitative estimate of drug-likeness (QED) is 0.794. The van der Waals surface area contributed by atoms with Gasteiger partial charge in [0.15, 0.2) is 5.78 Å². The van der Waals surface area contributed by atoms with E-state index in [0.29, 0.717) is 6.54 Å². The number of hydrogen-bond donors (Lipinski definition) is 1. The summed E-state index contributed by atoms with van der Waals surface area (Å²) in [5, 5.41) is 1.98. The van der Waals surface area contributed by atoms with Gasteiger partial charge in [-0.15, -0.1) is 0 Å². The first-order valence-electron chi connectivity index (χ1n) is 4.98. The number of carbonyl (C=O) groups excluding carboxylic acids is 1. The molecule has 15 heavy (non-hydrogen) atoms. The SMILES string of the molecule is CC(=O)C1=C(C)NN(c2ccccc2)C1. The smallest absolute Gasteiger partial charge is 0.159 e. The number of benzene rings is 1. The first-order valence-corrected chi connectivity index (χ1v) is 4.98. The fraction of sp³-hybridized carbons (Fsp3) is 0.250. The Labute approximate surface area is 89.4 Å². The van der Waals surface area contributed by atoms with Gasteiger partial charge < -0.3 is 5.43 Å². The molecule has 0 aromatic heterocycles. The Morgan fingerprint density at radius 1 is 1.33 bits per heavy atom. The van der Waals surface area contributed by atoms with Crippen LogP contribution >= 0.6 is 0 Å². The standard InChI is InChI=1S/C12H14N2O/c1-9-12(10(2)15)8-14(13-9)11-6-4-3-5-7-11/h3-7,13H,8H2,1-2H3. The van der Waals surface area contributed by atoms with Crippen LogP contribution < -0.4 is 10.4 Å². The summed E-state index contributed by atoms with van der Waals surface area (Å²) < 4.78 is 0. The molecular formula is C12H14N2O. The van der Waals surface area contributed by atoms with Crippen LogP contribution in [0.3, 0.4) is 0 Å². The lowest BCUT2D eigenvalue weighted by Gasteiger charge is -2.19. The molecule has 0 radical (unpaired) electrons. The molecule has 1 N–H and O–H groups in total.